The van der Waals surface area contributed by atoms with Gasteiger partial charge in [-0.25, -0.2) is 0 Å². The third-order valence-corrected chi connectivity index (χ3v) is 5.55. The number of rotatable bonds is 2. The molecule has 2 rings (SSSR count). The van der Waals surface area contributed by atoms with Crippen LogP contribution in [0.3, 0.4) is 0 Å². The van der Waals surface area contributed by atoms with Crippen molar-refractivity contribution in [3.05, 3.63) is 26.6 Å². The Hall–Kier alpha value is 0.740. The fourth-order valence-electron chi connectivity index (χ4n) is 1.33. The Labute approximate surface area is 114 Å². The largest absolute Gasteiger partial charge is 0.143 e. The zero-order valence-corrected chi connectivity index (χ0v) is 12.9. The molecule has 2 aromatic rings. The second kappa shape index (κ2) is 4.72. The van der Waals surface area contributed by atoms with Crippen LogP contribution in [0.15, 0.2) is 22.4 Å². The summed E-state index contributed by atoms with van der Waals surface area (Å²) in [6, 6.07) is 4.57. The summed E-state index contributed by atoms with van der Waals surface area (Å²) < 4.78 is 2.74. The van der Waals surface area contributed by atoms with Crippen molar-refractivity contribution in [2.24, 2.45) is 0 Å². The molecule has 0 amide bonds. The molecule has 0 aliphatic carbocycles. The third kappa shape index (κ3) is 1.99. The van der Waals surface area contributed by atoms with E-state index in [9.17, 15) is 0 Å². The van der Waals surface area contributed by atoms with Gasteiger partial charge in [-0.15, -0.1) is 23.1 Å². The third-order valence-electron chi connectivity index (χ3n) is 2.07. The van der Waals surface area contributed by atoms with Gasteiger partial charge < -0.3 is 0 Å². The Balaban J connectivity index is 2.69. The molecule has 0 saturated carbocycles. The lowest BCUT2D eigenvalue weighted by Gasteiger charge is -2.01. The van der Waals surface area contributed by atoms with E-state index in [1.165, 1.54) is 24.1 Å². The smallest absolute Gasteiger partial charge is 0.0358 e. The van der Waals surface area contributed by atoms with Crippen molar-refractivity contribution < 1.29 is 0 Å². The van der Waals surface area contributed by atoms with Crippen LogP contribution in [-0.4, -0.2) is 6.26 Å². The van der Waals surface area contributed by atoms with E-state index in [4.69, 9.17) is 0 Å². The Bertz CT molecular complexity index is 464. The number of benzene rings is 1. The summed E-state index contributed by atoms with van der Waals surface area (Å²) in [7, 11) is 0. The molecule has 14 heavy (non-hydrogen) atoms. The monoisotopic (exact) mass is 398 g/mol. The van der Waals surface area contributed by atoms with E-state index in [0.29, 0.717) is 0 Å². The molecular weight excluding hydrogens is 391 g/mol. The van der Waals surface area contributed by atoms with Crippen molar-refractivity contribution in [2.45, 2.75) is 10.2 Å². The number of halogens is 2. The summed E-state index contributed by atoms with van der Waals surface area (Å²) in [5.41, 5.74) is 1.38. The van der Waals surface area contributed by atoms with E-state index in [1.54, 1.807) is 0 Å². The first kappa shape index (κ1) is 11.2. The van der Waals surface area contributed by atoms with Crippen LogP contribution >= 0.6 is 61.6 Å². The molecule has 0 N–H and O–H groups in total. The standard InChI is InChI=1S/C10H8BrIS2/c1-13-10-5-14-9-2-6(4-11)8(12)3-7(9)10/h2-3,5H,4H2,1H3. The maximum atomic E-state index is 3.51. The molecule has 0 spiro atoms. The van der Waals surface area contributed by atoms with Crippen LogP contribution in [0.4, 0.5) is 0 Å². The van der Waals surface area contributed by atoms with Crippen LogP contribution < -0.4 is 0 Å². The molecule has 0 bridgehead atoms. The van der Waals surface area contributed by atoms with Gasteiger partial charge in [0.1, 0.15) is 0 Å². The molecule has 74 valence electrons. The number of thioether (sulfide) groups is 1. The van der Waals surface area contributed by atoms with Gasteiger partial charge >= 0.3 is 0 Å². The van der Waals surface area contributed by atoms with Gasteiger partial charge in [-0.2, -0.15) is 0 Å². The van der Waals surface area contributed by atoms with Gasteiger partial charge in [0.15, 0.2) is 0 Å². The quantitative estimate of drug-likeness (QED) is 0.384. The minimum Gasteiger partial charge on any atom is -0.143 e. The van der Waals surface area contributed by atoms with Crippen LogP contribution in [0, 0.1) is 3.57 Å². The lowest BCUT2D eigenvalue weighted by molar-refractivity contribution is 1.42. The van der Waals surface area contributed by atoms with E-state index >= 15 is 0 Å². The summed E-state index contributed by atoms with van der Waals surface area (Å²) in [4.78, 5) is 1.39. The maximum Gasteiger partial charge on any atom is 0.0358 e. The Morgan fingerprint density at radius 2 is 2.29 bits per heavy atom. The summed E-state index contributed by atoms with van der Waals surface area (Å²) in [6.07, 6.45) is 2.13. The highest BCUT2D eigenvalue weighted by Gasteiger charge is 2.06. The van der Waals surface area contributed by atoms with Crippen LogP contribution in [0.25, 0.3) is 10.1 Å². The van der Waals surface area contributed by atoms with Crippen molar-refractivity contribution in [3.8, 4) is 0 Å². The highest BCUT2D eigenvalue weighted by molar-refractivity contribution is 14.1. The highest BCUT2D eigenvalue weighted by atomic mass is 127. The molecule has 0 radical (unpaired) electrons. The van der Waals surface area contributed by atoms with Crippen molar-refractivity contribution in [1.29, 1.82) is 0 Å². The van der Waals surface area contributed by atoms with Crippen LogP contribution in [-0.2, 0) is 5.33 Å². The average Bonchev–Trinajstić information content (AvgIpc) is 2.58. The molecule has 0 atom stereocenters. The van der Waals surface area contributed by atoms with Gasteiger partial charge in [0.25, 0.3) is 0 Å². The molecule has 1 heterocycles. The number of fused-ring (bicyclic) bond motifs is 1. The second-order valence-electron chi connectivity index (χ2n) is 2.88. The summed E-state index contributed by atoms with van der Waals surface area (Å²) >= 11 is 9.57. The normalized spacial score (nSPS) is 11.1. The fourth-order valence-corrected chi connectivity index (χ4v) is 4.82. The Kier molecular flexibility index (Phi) is 3.79. The van der Waals surface area contributed by atoms with Gasteiger partial charge in [-0.1, -0.05) is 15.9 Å². The maximum absolute atomic E-state index is 3.51. The fraction of sp³-hybridized carbons (Fsp3) is 0.200. The number of alkyl halides is 1. The first-order valence-corrected chi connectivity index (χ1v) is 8.36. The first-order valence-electron chi connectivity index (χ1n) is 4.06. The van der Waals surface area contributed by atoms with Gasteiger partial charge in [-0.3, -0.25) is 0 Å². The van der Waals surface area contributed by atoms with E-state index in [1.807, 2.05) is 23.1 Å². The van der Waals surface area contributed by atoms with Crippen molar-refractivity contribution in [2.75, 3.05) is 6.26 Å². The van der Waals surface area contributed by atoms with E-state index < -0.39 is 0 Å². The molecule has 0 unspecified atom stereocenters. The molecular formula is C10H8BrIS2. The van der Waals surface area contributed by atoms with Crippen LogP contribution in [0.5, 0.6) is 0 Å². The molecule has 0 saturated heterocycles. The molecule has 0 fully saturated rings. The topological polar surface area (TPSA) is 0 Å². The molecule has 4 heteroatoms. The SMILES string of the molecule is CSc1csc2cc(CBr)c(I)cc12. The number of thiophene rings is 1. The number of hydrogen-bond donors (Lipinski definition) is 0. The second-order valence-corrected chi connectivity index (χ2v) is 6.36. The minimum absolute atomic E-state index is 0.938. The Morgan fingerprint density at radius 3 is 2.93 bits per heavy atom. The van der Waals surface area contributed by atoms with Gasteiger partial charge in [0, 0.05) is 29.3 Å². The molecule has 1 aromatic heterocycles. The van der Waals surface area contributed by atoms with E-state index in [2.05, 4.69) is 62.3 Å². The van der Waals surface area contributed by atoms with Gasteiger partial charge in [-0.05, 0) is 46.5 Å². The minimum atomic E-state index is 0.938. The summed E-state index contributed by atoms with van der Waals surface area (Å²) in [6.45, 7) is 0. The summed E-state index contributed by atoms with van der Waals surface area (Å²) in [5, 5.41) is 4.58. The van der Waals surface area contributed by atoms with Crippen molar-refractivity contribution in [3.63, 3.8) is 0 Å². The van der Waals surface area contributed by atoms with Crippen LogP contribution in [0.2, 0.25) is 0 Å². The molecule has 0 aliphatic heterocycles. The number of hydrogen-bond acceptors (Lipinski definition) is 2. The lowest BCUT2D eigenvalue weighted by atomic mass is 10.2. The van der Waals surface area contributed by atoms with E-state index in [-0.39, 0.29) is 0 Å². The Morgan fingerprint density at radius 1 is 1.50 bits per heavy atom. The predicted octanol–water partition coefficient (Wildman–Crippen LogP) is 5.12. The highest BCUT2D eigenvalue weighted by Crippen LogP contribution is 2.34. The molecule has 0 aliphatic rings. The van der Waals surface area contributed by atoms with Crippen molar-refractivity contribution in [1.82, 2.24) is 0 Å². The average molecular weight is 399 g/mol. The van der Waals surface area contributed by atoms with E-state index in [0.717, 1.165) is 5.33 Å². The van der Waals surface area contributed by atoms with Gasteiger partial charge in [0.2, 0.25) is 0 Å². The first-order chi connectivity index (χ1) is 6.76. The van der Waals surface area contributed by atoms with Crippen LogP contribution in [0.1, 0.15) is 5.56 Å². The molecule has 0 nitrogen and oxygen atoms in total. The summed E-state index contributed by atoms with van der Waals surface area (Å²) in [5.74, 6) is 0. The zero-order chi connectivity index (χ0) is 10.1. The van der Waals surface area contributed by atoms with Gasteiger partial charge in [0.05, 0.1) is 0 Å². The zero-order valence-electron chi connectivity index (χ0n) is 7.51. The molecule has 1 aromatic carbocycles. The predicted molar refractivity (Wildman–Crippen MR) is 79.0 cm³/mol. The van der Waals surface area contributed by atoms with Crippen molar-refractivity contribution >= 4 is 71.7 Å². The lowest BCUT2D eigenvalue weighted by Crippen LogP contribution is -1.82.